The van der Waals surface area contributed by atoms with Crippen molar-refractivity contribution in [3.05, 3.63) is 39.9 Å². The van der Waals surface area contributed by atoms with Crippen molar-refractivity contribution in [3.8, 4) is 17.1 Å². The molecule has 106 valence electrons. The largest absolute Gasteiger partial charge is 0.494 e. The summed E-state index contributed by atoms with van der Waals surface area (Å²) in [5.74, 6) is 0.720. The molecular weight excluding hydrogens is 275 g/mol. The van der Waals surface area contributed by atoms with Crippen LogP contribution in [0.3, 0.4) is 0 Å². The maximum Gasteiger partial charge on any atom is 0.165 e. The van der Waals surface area contributed by atoms with Crippen molar-refractivity contribution >= 4 is 12.2 Å². The third kappa shape index (κ3) is 2.72. The van der Waals surface area contributed by atoms with E-state index in [0.717, 1.165) is 16.8 Å². The molecule has 2 rings (SSSR count). The van der Waals surface area contributed by atoms with Gasteiger partial charge in [-0.2, -0.15) is 0 Å². The number of nitrogens with zero attached hydrogens (tertiary/aromatic N) is 1. The minimum atomic E-state index is -0.398. The molecule has 0 saturated carbocycles. The fourth-order valence-electron chi connectivity index (χ4n) is 2.22. The average Bonchev–Trinajstić information content (AvgIpc) is 2.37. The van der Waals surface area contributed by atoms with Gasteiger partial charge >= 0.3 is 0 Å². The molecule has 0 amide bonds. The van der Waals surface area contributed by atoms with Gasteiger partial charge in [-0.15, -0.1) is 0 Å². The van der Waals surface area contributed by atoms with Crippen LogP contribution in [0.2, 0.25) is 0 Å². The zero-order valence-electron chi connectivity index (χ0n) is 12.0. The van der Waals surface area contributed by atoms with E-state index in [2.05, 4.69) is 23.8 Å². The number of hydrogen-bond acceptors (Lipinski definition) is 3. The Morgan fingerprint density at radius 1 is 1.35 bits per heavy atom. The maximum atomic E-state index is 13.4. The maximum absolute atomic E-state index is 13.4. The highest BCUT2D eigenvalue weighted by molar-refractivity contribution is 7.71. The average molecular weight is 292 g/mol. The molecule has 0 fully saturated rings. The molecule has 2 aromatic rings. The summed E-state index contributed by atoms with van der Waals surface area (Å²) in [6, 6.07) is 4.62. The quantitative estimate of drug-likeness (QED) is 0.853. The Morgan fingerprint density at radius 2 is 2.05 bits per heavy atom. The van der Waals surface area contributed by atoms with Gasteiger partial charge in [-0.05, 0) is 31.0 Å². The highest BCUT2D eigenvalue weighted by Gasteiger charge is 2.12. The van der Waals surface area contributed by atoms with E-state index < -0.39 is 5.82 Å². The molecule has 0 radical (unpaired) electrons. The van der Waals surface area contributed by atoms with Crippen LogP contribution in [0.1, 0.15) is 31.0 Å². The Balaban J connectivity index is 2.57. The lowest BCUT2D eigenvalue weighted by Gasteiger charge is -2.12. The number of methoxy groups -OCH3 is 1. The molecule has 1 aromatic heterocycles. The molecule has 1 N–H and O–H groups in total. The molecule has 5 heteroatoms. The van der Waals surface area contributed by atoms with E-state index in [1.807, 2.05) is 6.92 Å². The summed E-state index contributed by atoms with van der Waals surface area (Å²) in [6.07, 6.45) is 0. The summed E-state index contributed by atoms with van der Waals surface area (Å²) < 4.78 is 19.0. The van der Waals surface area contributed by atoms with Crippen LogP contribution < -0.4 is 4.74 Å². The summed E-state index contributed by atoms with van der Waals surface area (Å²) >= 11 is 5.35. The number of H-pyrrole nitrogens is 1. The minimum absolute atomic E-state index is 0.189. The number of aromatic nitrogens is 2. The van der Waals surface area contributed by atoms with Crippen molar-refractivity contribution in [1.82, 2.24) is 9.97 Å². The molecule has 3 nitrogen and oxygen atoms in total. The van der Waals surface area contributed by atoms with Gasteiger partial charge < -0.3 is 9.72 Å². The zero-order chi connectivity index (χ0) is 14.9. The first kappa shape index (κ1) is 14.7. The Hall–Kier alpha value is -1.75. The molecule has 20 heavy (non-hydrogen) atoms. The topological polar surface area (TPSA) is 37.9 Å². The summed E-state index contributed by atoms with van der Waals surface area (Å²) in [7, 11) is 1.44. The highest BCUT2D eigenvalue weighted by atomic mass is 32.1. The number of hydrogen-bond donors (Lipinski definition) is 1. The molecule has 1 heterocycles. The SMILES string of the molecule is COc1cc(-c2nc(=S)c(C(C)C)c(C)[nH]2)ccc1F. The van der Waals surface area contributed by atoms with E-state index in [4.69, 9.17) is 17.0 Å². The number of ether oxygens (including phenoxy) is 1. The van der Waals surface area contributed by atoms with E-state index in [1.165, 1.54) is 13.2 Å². The molecular formula is C15H17FN2OS. The number of aryl methyl sites for hydroxylation is 1. The minimum Gasteiger partial charge on any atom is -0.494 e. The van der Waals surface area contributed by atoms with Crippen molar-refractivity contribution in [2.24, 2.45) is 0 Å². The molecule has 0 bridgehead atoms. The van der Waals surface area contributed by atoms with Gasteiger partial charge in [0.2, 0.25) is 0 Å². The van der Waals surface area contributed by atoms with Crippen LogP contribution in [0.4, 0.5) is 4.39 Å². The Bertz CT molecular complexity index is 695. The molecule has 1 aromatic carbocycles. The van der Waals surface area contributed by atoms with Crippen molar-refractivity contribution in [2.75, 3.05) is 7.11 Å². The number of halogens is 1. The zero-order valence-corrected chi connectivity index (χ0v) is 12.8. The first-order valence-electron chi connectivity index (χ1n) is 6.38. The number of rotatable bonds is 3. The van der Waals surface area contributed by atoms with Crippen molar-refractivity contribution in [3.63, 3.8) is 0 Å². The van der Waals surface area contributed by atoms with Crippen LogP contribution in [0, 0.1) is 17.4 Å². The number of aromatic amines is 1. The first-order chi connectivity index (χ1) is 9.43. The number of nitrogens with one attached hydrogen (secondary N) is 1. The molecule has 0 atom stereocenters. The molecule has 0 spiro atoms. The lowest BCUT2D eigenvalue weighted by Crippen LogP contribution is -2.02. The standard InChI is InChI=1S/C15H17FN2OS/c1-8(2)13-9(3)17-14(18-15(13)20)10-5-6-11(16)12(7-10)19-4/h5-8H,1-4H3,(H,17,18,20). The van der Waals surface area contributed by atoms with Crippen LogP contribution >= 0.6 is 12.2 Å². The van der Waals surface area contributed by atoms with Crippen LogP contribution in [0.5, 0.6) is 5.75 Å². The predicted octanol–water partition coefficient (Wildman–Crippen LogP) is 4.39. The van der Waals surface area contributed by atoms with Gasteiger partial charge in [-0.3, -0.25) is 0 Å². The second-order valence-corrected chi connectivity index (χ2v) is 5.32. The van der Waals surface area contributed by atoms with Crippen molar-refractivity contribution in [1.29, 1.82) is 0 Å². The summed E-state index contributed by atoms with van der Waals surface area (Å²) in [5.41, 5.74) is 2.77. The van der Waals surface area contributed by atoms with Gasteiger partial charge in [0.05, 0.1) is 7.11 Å². The summed E-state index contributed by atoms with van der Waals surface area (Å²) in [5, 5.41) is 0. The van der Waals surface area contributed by atoms with E-state index in [-0.39, 0.29) is 5.75 Å². The van der Waals surface area contributed by atoms with E-state index in [0.29, 0.717) is 16.4 Å². The first-order valence-corrected chi connectivity index (χ1v) is 6.79. The lowest BCUT2D eigenvalue weighted by molar-refractivity contribution is 0.386. The van der Waals surface area contributed by atoms with Crippen LogP contribution in [0.15, 0.2) is 18.2 Å². The molecule has 0 aliphatic heterocycles. The van der Waals surface area contributed by atoms with Crippen LogP contribution in [0.25, 0.3) is 11.4 Å². The fraction of sp³-hybridized carbons (Fsp3) is 0.333. The number of benzene rings is 1. The molecule has 0 saturated heterocycles. The van der Waals surface area contributed by atoms with Gasteiger partial charge in [-0.1, -0.05) is 26.1 Å². The van der Waals surface area contributed by atoms with E-state index in [1.54, 1.807) is 12.1 Å². The van der Waals surface area contributed by atoms with Crippen LogP contribution in [-0.2, 0) is 0 Å². The van der Waals surface area contributed by atoms with Crippen LogP contribution in [-0.4, -0.2) is 17.1 Å². The Kier molecular flexibility index (Phi) is 4.18. The third-order valence-corrected chi connectivity index (χ3v) is 3.47. The monoisotopic (exact) mass is 292 g/mol. The molecule has 0 unspecified atom stereocenters. The van der Waals surface area contributed by atoms with Gasteiger partial charge in [0.15, 0.2) is 11.6 Å². The molecule has 0 aliphatic carbocycles. The summed E-state index contributed by atoms with van der Waals surface area (Å²) in [4.78, 5) is 7.64. The highest BCUT2D eigenvalue weighted by Crippen LogP contribution is 2.26. The normalized spacial score (nSPS) is 10.9. The fourth-order valence-corrected chi connectivity index (χ4v) is 2.70. The third-order valence-electron chi connectivity index (χ3n) is 3.16. The van der Waals surface area contributed by atoms with Gasteiger partial charge in [0.1, 0.15) is 10.5 Å². The second kappa shape index (κ2) is 5.71. The Labute approximate surface area is 122 Å². The van der Waals surface area contributed by atoms with Gasteiger partial charge in [0.25, 0.3) is 0 Å². The van der Waals surface area contributed by atoms with Crippen molar-refractivity contribution < 1.29 is 9.13 Å². The summed E-state index contributed by atoms with van der Waals surface area (Å²) in [6.45, 7) is 6.12. The van der Waals surface area contributed by atoms with Gasteiger partial charge in [0, 0.05) is 16.8 Å². The van der Waals surface area contributed by atoms with E-state index >= 15 is 0 Å². The van der Waals surface area contributed by atoms with Crippen molar-refractivity contribution in [2.45, 2.75) is 26.7 Å². The van der Waals surface area contributed by atoms with Gasteiger partial charge in [-0.25, -0.2) is 9.37 Å². The molecule has 0 aliphatic rings. The predicted molar refractivity (Wildman–Crippen MR) is 80.2 cm³/mol. The second-order valence-electron chi connectivity index (χ2n) is 4.93. The Morgan fingerprint density at radius 3 is 2.60 bits per heavy atom. The van der Waals surface area contributed by atoms with E-state index in [9.17, 15) is 4.39 Å². The lowest BCUT2D eigenvalue weighted by atomic mass is 10.0. The smallest absolute Gasteiger partial charge is 0.165 e.